The molecule has 1 aromatic heterocycles. The van der Waals surface area contributed by atoms with Crippen molar-refractivity contribution in [2.75, 3.05) is 32.8 Å². The Hall–Kier alpha value is -2.83. The zero-order valence-electron chi connectivity index (χ0n) is 16.2. The smallest absolute Gasteiger partial charge is 0.409 e. The second kappa shape index (κ2) is 8.04. The Morgan fingerprint density at radius 1 is 1.11 bits per heavy atom. The molecule has 3 heterocycles. The third kappa shape index (κ3) is 3.74. The van der Waals surface area contributed by atoms with E-state index in [4.69, 9.17) is 4.74 Å². The maximum absolute atomic E-state index is 12.9. The molecule has 148 valence electrons. The fourth-order valence-corrected chi connectivity index (χ4v) is 4.01. The van der Waals surface area contributed by atoms with E-state index < -0.39 is 0 Å². The number of fused-ring (bicyclic) bond motifs is 1. The lowest BCUT2D eigenvalue weighted by Gasteiger charge is -2.33. The van der Waals surface area contributed by atoms with Crippen LogP contribution in [0.4, 0.5) is 4.79 Å². The topological polar surface area (TPSA) is 67.7 Å². The van der Waals surface area contributed by atoms with Gasteiger partial charge in [0.25, 0.3) is 5.91 Å². The number of imidazole rings is 1. The monoisotopic (exact) mass is 382 g/mol. The highest BCUT2D eigenvalue weighted by molar-refractivity contribution is 5.92. The van der Waals surface area contributed by atoms with Crippen molar-refractivity contribution in [1.82, 2.24) is 19.4 Å². The molecule has 1 aromatic carbocycles. The van der Waals surface area contributed by atoms with Crippen LogP contribution >= 0.6 is 0 Å². The Morgan fingerprint density at radius 2 is 1.82 bits per heavy atom. The Bertz CT molecular complexity index is 841. The van der Waals surface area contributed by atoms with E-state index in [9.17, 15) is 9.59 Å². The molecule has 7 heteroatoms. The lowest BCUT2D eigenvalue weighted by atomic mass is 9.92. The number of hydrogen-bond acceptors (Lipinski definition) is 4. The Kier molecular flexibility index (Phi) is 5.32. The van der Waals surface area contributed by atoms with E-state index in [0.29, 0.717) is 44.4 Å². The minimum Gasteiger partial charge on any atom is -0.450 e. The number of amides is 2. The van der Waals surface area contributed by atoms with Crippen molar-refractivity contribution >= 4 is 12.0 Å². The van der Waals surface area contributed by atoms with Gasteiger partial charge in [-0.3, -0.25) is 4.79 Å². The first-order valence-electron chi connectivity index (χ1n) is 9.97. The molecular formula is C21H26N4O3. The molecule has 0 aliphatic carbocycles. The molecule has 4 rings (SSSR count). The van der Waals surface area contributed by atoms with Gasteiger partial charge >= 0.3 is 6.09 Å². The second-order valence-electron chi connectivity index (χ2n) is 7.32. The summed E-state index contributed by atoms with van der Waals surface area (Å²) in [7, 11) is 0. The molecule has 1 atom stereocenters. The number of aryl methyl sites for hydroxylation is 1. The summed E-state index contributed by atoms with van der Waals surface area (Å²) in [5.41, 5.74) is 1.85. The first kappa shape index (κ1) is 18.5. The van der Waals surface area contributed by atoms with Crippen LogP contribution in [0.25, 0.3) is 0 Å². The maximum atomic E-state index is 12.9. The van der Waals surface area contributed by atoms with Crippen molar-refractivity contribution in [1.29, 1.82) is 0 Å². The molecule has 2 aliphatic rings. The summed E-state index contributed by atoms with van der Waals surface area (Å²) in [6.07, 6.45) is 3.51. The molecule has 1 saturated heterocycles. The fourth-order valence-electron chi connectivity index (χ4n) is 4.01. The van der Waals surface area contributed by atoms with Gasteiger partial charge in [0.15, 0.2) is 0 Å². The lowest BCUT2D eigenvalue weighted by Crippen LogP contribution is -2.50. The van der Waals surface area contributed by atoms with Crippen molar-refractivity contribution in [2.45, 2.75) is 32.2 Å². The van der Waals surface area contributed by atoms with E-state index in [-0.39, 0.29) is 12.0 Å². The van der Waals surface area contributed by atoms with Crippen molar-refractivity contribution in [3.63, 3.8) is 0 Å². The molecule has 0 saturated carbocycles. The van der Waals surface area contributed by atoms with Crippen LogP contribution in [0, 0.1) is 0 Å². The molecule has 0 N–H and O–H groups in total. The summed E-state index contributed by atoms with van der Waals surface area (Å²) in [5.74, 6) is 1.39. The fraction of sp³-hybridized carbons (Fsp3) is 0.476. The van der Waals surface area contributed by atoms with Crippen LogP contribution < -0.4 is 0 Å². The second-order valence-corrected chi connectivity index (χ2v) is 7.32. The summed E-state index contributed by atoms with van der Waals surface area (Å²) in [6.45, 7) is 5.01. The molecule has 2 aliphatic heterocycles. The van der Waals surface area contributed by atoms with E-state index in [2.05, 4.69) is 33.8 Å². The van der Waals surface area contributed by atoms with Crippen molar-refractivity contribution in [3.05, 3.63) is 53.6 Å². The molecule has 2 aromatic rings. The number of ether oxygens (including phenoxy) is 1. The molecule has 7 nitrogen and oxygen atoms in total. The minimum atomic E-state index is -0.306. The number of hydrogen-bond donors (Lipinski definition) is 0. The molecule has 2 amide bonds. The molecule has 0 radical (unpaired) electrons. The first-order valence-corrected chi connectivity index (χ1v) is 9.97. The van der Waals surface area contributed by atoms with Gasteiger partial charge in [-0.15, -0.1) is 0 Å². The number of aromatic nitrogens is 2. The molecule has 0 spiro atoms. The van der Waals surface area contributed by atoms with Crippen LogP contribution in [0.1, 0.15) is 41.1 Å². The van der Waals surface area contributed by atoms with Gasteiger partial charge in [0.05, 0.1) is 6.61 Å². The number of piperazine rings is 1. The predicted molar refractivity (Wildman–Crippen MR) is 104 cm³/mol. The maximum Gasteiger partial charge on any atom is 0.409 e. The van der Waals surface area contributed by atoms with Crippen LogP contribution in [0.2, 0.25) is 0 Å². The third-order valence-corrected chi connectivity index (χ3v) is 5.58. The van der Waals surface area contributed by atoms with Gasteiger partial charge in [-0.25, -0.2) is 9.78 Å². The summed E-state index contributed by atoms with van der Waals surface area (Å²) < 4.78 is 7.16. The van der Waals surface area contributed by atoms with Crippen molar-refractivity contribution < 1.29 is 14.3 Å². The summed E-state index contributed by atoms with van der Waals surface area (Å²) in [4.78, 5) is 32.7. The number of carbonyl (C=O) groups is 2. The average molecular weight is 382 g/mol. The highest BCUT2D eigenvalue weighted by Crippen LogP contribution is 2.28. The molecule has 28 heavy (non-hydrogen) atoms. The highest BCUT2D eigenvalue weighted by atomic mass is 16.6. The van der Waals surface area contributed by atoms with Crippen LogP contribution in [0.15, 0.2) is 36.5 Å². The van der Waals surface area contributed by atoms with E-state index in [1.54, 1.807) is 16.7 Å². The Labute approximate surface area is 164 Å². The van der Waals surface area contributed by atoms with Gasteiger partial charge in [0, 0.05) is 51.3 Å². The zero-order valence-corrected chi connectivity index (χ0v) is 16.2. The number of carbonyl (C=O) groups excluding carboxylic acids is 2. The Balaban J connectivity index is 1.39. The van der Waals surface area contributed by atoms with Gasteiger partial charge in [-0.2, -0.15) is 0 Å². The van der Waals surface area contributed by atoms with E-state index in [1.807, 2.05) is 12.3 Å². The largest absolute Gasteiger partial charge is 0.450 e. The van der Waals surface area contributed by atoms with E-state index in [0.717, 1.165) is 25.2 Å². The molecule has 1 unspecified atom stereocenters. The normalized spacial score (nSPS) is 19.2. The summed E-state index contributed by atoms with van der Waals surface area (Å²) >= 11 is 0. The SMILES string of the molecule is CCOC(=O)N1CCN(C(=O)c2cn3c(n2)CCC(c2ccccc2)C3)CC1. The van der Waals surface area contributed by atoms with Crippen LogP contribution in [0.3, 0.4) is 0 Å². The van der Waals surface area contributed by atoms with Gasteiger partial charge in [0.2, 0.25) is 0 Å². The van der Waals surface area contributed by atoms with E-state index >= 15 is 0 Å². The van der Waals surface area contributed by atoms with Crippen molar-refractivity contribution in [2.24, 2.45) is 0 Å². The average Bonchev–Trinajstić information content (AvgIpc) is 3.17. The number of nitrogens with zero attached hydrogens (tertiary/aromatic N) is 4. The minimum absolute atomic E-state index is 0.0540. The predicted octanol–water partition coefficient (Wildman–Crippen LogP) is 2.53. The first-order chi connectivity index (χ1) is 13.7. The van der Waals surface area contributed by atoms with Crippen LogP contribution in [0.5, 0.6) is 0 Å². The van der Waals surface area contributed by atoms with Crippen molar-refractivity contribution in [3.8, 4) is 0 Å². The van der Waals surface area contributed by atoms with Crippen LogP contribution in [-0.4, -0.2) is 64.1 Å². The number of rotatable bonds is 3. The summed E-state index contributed by atoms with van der Waals surface area (Å²) in [5, 5.41) is 0. The van der Waals surface area contributed by atoms with Crippen LogP contribution in [-0.2, 0) is 17.7 Å². The standard InChI is InChI=1S/C21H26N4O3/c1-2-28-21(27)24-12-10-23(11-13-24)20(26)18-15-25-14-17(8-9-19(25)22-18)16-6-4-3-5-7-16/h3-7,15,17H,2,8-14H2,1H3. The van der Waals surface area contributed by atoms with Gasteiger partial charge < -0.3 is 19.1 Å². The summed E-state index contributed by atoms with van der Waals surface area (Å²) in [6, 6.07) is 10.5. The van der Waals surface area contributed by atoms with E-state index in [1.165, 1.54) is 5.56 Å². The Morgan fingerprint density at radius 3 is 2.54 bits per heavy atom. The highest BCUT2D eigenvalue weighted by Gasteiger charge is 2.28. The molecule has 0 bridgehead atoms. The number of benzene rings is 1. The third-order valence-electron chi connectivity index (χ3n) is 5.58. The zero-order chi connectivity index (χ0) is 19.5. The lowest BCUT2D eigenvalue weighted by molar-refractivity contribution is 0.0566. The molecule has 1 fully saturated rings. The molecular weight excluding hydrogens is 356 g/mol. The van der Waals surface area contributed by atoms with Gasteiger partial charge in [-0.1, -0.05) is 30.3 Å². The van der Waals surface area contributed by atoms with Gasteiger partial charge in [0.1, 0.15) is 11.5 Å². The quantitative estimate of drug-likeness (QED) is 0.818. The van der Waals surface area contributed by atoms with Gasteiger partial charge in [-0.05, 0) is 18.9 Å².